The van der Waals surface area contributed by atoms with Crippen LogP contribution in [0.1, 0.15) is 33.5 Å². The number of ketones is 1. The molecule has 4 rings (SSSR count). The van der Waals surface area contributed by atoms with Crippen molar-refractivity contribution in [1.29, 1.82) is 0 Å². The number of para-hydroxylation sites is 1. The van der Waals surface area contributed by atoms with Crippen LogP contribution in [0.3, 0.4) is 0 Å². The molecule has 27 heavy (non-hydrogen) atoms. The van der Waals surface area contributed by atoms with Crippen molar-refractivity contribution in [3.63, 3.8) is 0 Å². The Hall–Kier alpha value is -3.53. The fourth-order valence-corrected chi connectivity index (χ4v) is 3.01. The van der Waals surface area contributed by atoms with E-state index in [1.807, 2.05) is 30.3 Å². The van der Waals surface area contributed by atoms with Crippen molar-refractivity contribution >= 4 is 11.9 Å². The summed E-state index contributed by atoms with van der Waals surface area (Å²) >= 11 is 0. The predicted octanol–water partition coefficient (Wildman–Crippen LogP) is 1.69. The highest BCUT2D eigenvalue weighted by Crippen LogP contribution is 2.33. The Labute approximate surface area is 152 Å². The molecular formula is C17H15N5O5. The number of benzene rings is 1. The fourth-order valence-electron chi connectivity index (χ4n) is 3.01. The fraction of sp³-hybridized carbons (Fsp3) is 0.235. The van der Waals surface area contributed by atoms with Gasteiger partial charge in [0.25, 0.3) is 5.88 Å². The van der Waals surface area contributed by atoms with Crippen LogP contribution in [-0.4, -0.2) is 43.7 Å². The van der Waals surface area contributed by atoms with Crippen molar-refractivity contribution in [2.24, 2.45) is 0 Å². The van der Waals surface area contributed by atoms with E-state index in [4.69, 9.17) is 9.63 Å². The number of hydrogen-bond donors (Lipinski definition) is 2. The molecule has 0 fully saturated rings. The molecule has 10 nitrogen and oxygen atoms in total. The molecule has 1 aliphatic rings. The number of rotatable bonds is 4. The van der Waals surface area contributed by atoms with Crippen LogP contribution in [0.15, 0.2) is 34.9 Å². The molecule has 0 aliphatic carbocycles. The lowest BCUT2D eigenvalue weighted by atomic mass is 9.96. The molecule has 0 saturated carbocycles. The summed E-state index contributed by atoms with van der Waals surface area (Å²) in [5.74, 6) is -0.193. The van der Waals surface area contributed by atoms with Crippen molar-refractivity contribution in [3.8, 4) is 11.6 Å². The SMILES string of the molecule is Cc1nn(-c2ccccc2)nc1C(=O)C1NCCc2onc(OC(=O)O)c21. The van der Waals surface area contributed by atoms with Gasteiger partial charge < -0.3 is 19.7 Å². The number of aryl methyl sites for hydroxylation is 1. The second-order valence-electron chi connectivity index (χ2n) is 5.95. The van der Waals surface area contributed by atoms with Crippen LogP contribution in [0.5, 0.6) is 5.88 Å². The van der Waals surface area contributed by atoms with Crippen LogP contribution >= 0.6 is 0 Å². The van der Waals surface area contributed by atoms with E-state index in [0.29, 0.717) is 24.4 Å². The van der Waals surface area contributed by atoms with E-state index < -0.39 is 12.2 Å². The van der Waals surface area contributed by atoms with Gasteiger partial charge in [-0.05, 0) is 24.2 Å². The largest absolute Gasteiger partial charge is 0.512 e. The molecule has 0 saturated heterocycles. The summed E-state index contributed by atoms with van der Waals surface area (Å²) in [4.78, 5) is 25.4. The average Bonchev–Trinajstić information content (AvgIpc) is 3.25. The molecule has 1 aliphatic heterocycles. The number of nitrogens with one attached hydrogen (secondary N) is 1. The molecule has 0 radical (unpaired) electrons. The van der Waals surface area contributed by atoms with E-state index in [0.717, 1.165) is 5.69 Å². The highest BCUT2D eigenvalue weighted by Gasteiger charge is 2.37. The zero-order chi connectivity index (χ0) is 19.0. The first-order valence-electron chi connectivity index (χ1n) is 8.21. The third-order valence-corrected chi connectivity index (χ3v) is 4.21. The Morgan fingerprint density at radius 3 is 2.81 bits per heavy atom. The van der Waals surface area contributed by atoms with Crippen LogP contribution in [0.4, 0.5) is 4.79 Å². The summed E-state index contributed by atoms with van der Waals surface area (Å²) in [5, 5.41) is 24.2. The molecule has 1 aromatic carbocycles. The number of carbonyl (C=O) groups excluding carboxylic acids is 1. The molecule has 2 N–H and O–H groups in total. The maximum absolute atomic E-state index is 13.1. The van der Waals surface area contributed by atoms with Crippen molar-refractivity contribution in [2.45, 2.75) is 19.4 Å². The molecule has 0 amide bonds. The van der Waals surface area contributed by atoms with E-state index in [-0.39, 0.29) is 22.9 Å². The monoisotopic (exact) mass is 369 g/mol. The highest BCUT2D eigenvalue weighted by molar-refractivity contribution is 6.00. The third-order valence-electron chi connectivity index (χ3n) is 4.21. The van der Waals surface area contributed by atoms with Gasteiger partial charge >= 0.3 is 6.16 Å². The van der Waals surface area contributed by atoms with Gasteiger partial charge in [-0.2, -0.15) is 9.90 Å². The van der Waals surface area contributed by atoms with Crippen molar-refractivity contribution < 1.29 is 24.0 Å². The lowest BCUT2D eigenvalue weighted by Gasteiger charge is -2.21. The van der Waals surface area contributed by atoms with E-state index in [1.54, 1.807) is 6.92 Å². The summed E-state index contributed by atoms with van der Waals surface area (Å²) in [6.07, 6.45) is -1.07. The van der Waals surface area contributed by atoms with Crippen LogP contribution in [-0.2, 0) is 6.42 Å². The van der Waals surface area contributed by atoms with Crippen LogP contribution in [0, 0.1) is 6.92 Å². The lowest BCUT2D eigenvalue weighted by Crippen LogP contribution is -2.35. The Morgan fingerprint density at radius 2 is 2.07 bits per heavy atom. The Bertz CT molecular complexity index is 1010. The molecule has 0 spiro atoms. The quantitative estimate of drug-likeness (QED) is 0.520. The second kappa shape index (κ2) is 6.65. The first-order chi connectivity index (χ1) is 13.0. The topological polar surface area (TPSA) is 132 Å². The van der Waals surface area contributed by atoms with Gasteiger partial charge in [0.1, 0.15) is 11.8 Å². The average molecular weight is 369 g/mol. The van der Waals surface area contributed by atoms with Gasteiger partial charge in [-0.3, -0.25) is 4.79 Å². The van der Waals surface area contributed by atoms with Gasteiger partial charge in [-0.1, -0.05) is 18.2 Å². The predicted molar refractivity (Wildman–Crippen MR) is 90.0 cm³/mol. The molecule has 1 unspecified atom stereocenters. The number of carbonyl (C=O) groups is 2. The number of aromatic nitrogens is 4. The van der Waals surface area contributed by atoms with Gasteiger partial charge in [-0.25, -0.2) is 4.79 Å². The van der Waals surface area contributed by atoms with Crippen molar-refractivity contribution in [1.82, 2.24) is 25.5 Å². The number of hydrogen-bond acceptors (Lipinski definition) is 8. The third kappa shape index (κ3) is 3.06. The molecule has 138 valence electrons. The molecule has 1 atom stereocenters. The minimum Gasteiger partial charge on any atom is -0.449 e. The Kier molecular flexibility index (Phi) is 4.16. The van der Waals surface area contributed by atoms with Gasteiger partial charge in [0, 0.05) is 13.0 Å². The van der Waals surface area contributed by atoms with E-state index in [1.165, 1.54) is 4.80 Å². The van der Waals surface area contributed by atoms with Gasteiger partial charge in [0.2, 0.25) is 5.78 Å². The normalized spacial score (nSPS) is 16.0. The maximum Gasteiger partial charge on any atom is 0.512 e. The smallest absolute Gasteiger partial charge is 0.449 e. The highest BCUT2D eigenvalue weighted by atomic mass is 16.7. The van der Waals surface area contributed by atoms with E-state index >= 15 is 0 Å². The first kappa shape index (κ1) is 16.9. The Morgan fingerprint density at radius 1 is 1.30 bits per heavy atom. The Balaban J connectivity index is 1.70. The minimum absolute atomic E-state index is 0.173. The van der Waals surface area contributed by atoms with E-state index in [9.17, 15) is 9.59 Å². The summed E-state index contributed by atoms with van der Waals surface area (Å²) < 4.78 is 9.79. The molecule has 0 bridgehead atoms. The van der Waals surface area contributed by atoms with Gasteiger partial charge in [0.05, 0.1) is 16.9 Å². The summed E-state index contributed by atoms with van der Waals surface area (Å²) in [6, 6.07) is 8.32. The van der Waals surface area contributed by atoms with Crippen LogP contribution < -0.4 is 10.1 Å². The van der Waals surface area contributed by atoms with E-state index in [2.05, 4.69) is 25.4 Å². The number of ether oxygens (including phenoxy) is 1. The number of carboxylic acid groups (broad SMARTS) is 1. The molecular weight excluding hydrogens is 354 g/mol. The second-order valence-corrected chi connectivity index (χ2v) is 5.95. The molecule has 2 aromatic heterocycles. The number of nitrogens with zero attached hydrogens (tertiary/aromatic N) is 4. The zero-order valence-electron chi connectivity index (χ0n) is 14.2. The van der Waals surface area contributed by atoms with Gasteiger partial charge in [-0.15, -0.1) is 5.10 Å². The molecule has 3 heterocycles. The van der Waals surface area contributed by atoms with Crippen LogP contribution in [0.2, 0.25) is 0 Å². The van der Waals surface area contributed by atoms with Crippen molar-refractivity contribution in [3.05, 3.63) is 53.0 Å². The molecule has 10 heteroatoms. The lowest BCUT2D eigenvalue weighted by molar-refractivity contribution is 0.0928. The van der Waals surface area contributed by atoms with Gasteiger partial charge in [0.15, 0.2) is 5.69 Å². The molecule has 3 aromatic rings. The minimum atomic E-state index is -1.53. The van der Waals surface area contributed by atoms with Crippen molar-refractivity contribution in [2.75, 3.05) is 6.54 Å². The number of Topliss-reactive ketones (excluding diaryl/α,β-unsaturated/α-hetero) is 1. The summed E-state index contributed by atoms with van der Waals surface area (Å²) in [5.41, 5.74) is 1.63. The first-order valence-corrected chi connectivity index (χ1v) is 8.21. The number of fused-ring (bicyclic) bond motifs is 1. The summed E-state index contributed by atoms with van der Waals surface area (Å²) in [6.45, 7) is 2.16. The standard InChI is InChI=1S/C17H15N5O5/c1-9-13(20-22(19-9)10-5-3-2-4-6-10)15(23)14-12-11(7-8-18-14)27-21-16(12)26-17(24)25/h2-6,14,18H,7-8H2,1H3,(H,24,25). The maximum atomic E-state index is 13.1. The zero-order valence-corrected chi connectivity index (χ0v) is 14.2. The summed E-state index contributed by atoms with van der Waals surface area (Å²) in [7, 11) is 0. The van der Waals surface area contributed by atoms with Crippen LogP contribution in [0.25, 0.3) is 5.69 Å².